The van der Waals surface area contributed by atoms with Crippen LogP contribution in [0.3, 0.4) is 0 Å². The Bertz CT molecular complexity index is 900. The summed E-state index contributed by atoms with van der Waals surface area (Å²) in [5.74, 6) is 0. The Morgan fingerprint density at radius 2 is 2.09 bits per heavy atom. The Kier molecular flexibility index (Phi) is 4.04. The summed E-state index contributed by atoms with van der Waals surface area (Å²) in [6, 6.07) is 14.2. The number of hydrogen-bond acceptors (Lipinski definition) is 4. The van der Waals surface area contributed by atoms with E-state index in [1.54, 1.807) is 30.3 Å². The van der Waals surface area contributed by atoms with Crippen LogP contribution >= 0.6 is 27.3 Å². The van der Waals surface area contributed by atoms with Crippen LogP contribution in [0, 0.1) is 11.3 Å². The highest BCUT2D eigenvalue weighted by atomic mass is 79.9. The van der Waals surface area contributed by atoms with E-state index in [0.717, 1.165) is 14.7 Å². The van der Waals surface area contributed by atoms with Crippen LogP contribution in [-0.4, -0.2) is 11.0 Å². The van der Waals surface area contributed by atoms with Crippen molar-refractivity contribution < 1.29 is 4.79 Å². The Hall–Kier alpha value is -2.43. The zero-order valence-electron chi connectivity index (χ0n) is 11.1. The van der Waals surface area contributed by atoms with Gasteiger partial charge in [-0.2, -0.15) is 5.26 Å². The molecule has 0 atom stereocenters. The molecule has 0 aliphatic heterocycles. The summed E-state index contributed by atoms with van der Waals surface area (Å²) in [5.41, 5.74) is 2.00. The summed E-state index contributed by atoms with van der Waals surface area (Å²) in [5, 5.41) is 14.8. The van der Waals surface area contributed by atoms with Crippen molar-refractivity contribution in [2.24, 2.45) is 0 Å². The number of rotatable bonds is 2. The molecule has 22 heavy (non-hydrogen) atoms. The lowest BCUT2D eigenvalue weighted by atomic mass is 10.2. The second kappa shape index (κ2) is 6.13. The van der Waals surface area contributed by atoms with Gasteiger partial charge in [0.05, 0.1) is 21.8 Å². The lowest BCUT2D eigenvalue weighted by Gasteiger charge is -2.05. The van der Waals surface area contributed by atoms with E-state index in [-0.39, 0.29) is 6.03 Å². The van der Waals surface area contributed by atoms with Crippen LogP contribution in [-0.2, 0) is 0 Å². The second-order valence-electron chi connectivity index (χ2n) is 4.40. The van der Waals surface area contributed by atoms with Crippen molar-refractivity contribution in [2.45, 2.75) is 0 Å². The van der Waals surface area contributed by atoms with Crippen LogP contribution in [0.25, 0.3) is 10.2 Å². The van der Waals surface area contributed by atoms with Gasteiger partial charge in [-0.05, 0) is 36.4 Å². The Labute approximate surface area is 138 Å². The van der Waals surface area contributed by atoms with E-state index >= 15 is 0 Å². The van der Waals surface area contributed by atoms with Crippen molar-refractivity contribution in [1.82, 2.24) is 4.98 Å². The number of hydrogen-bond donors (Lipinski definition) is 2. The van der Waals surface area contributed by atoms with Crippen molar-refractivity contribution >= 4 is 54.3 Å². The third-order valence-corrected chi connectivity index (χ3v) is 4.25. The van der Waals surface area contributed by atoms with Gasteiger partial charge in [-0.1, -0.05) is 33.3 Å². The van der Waals surface area contributed by atoms with Gasteiger partial charge in [0, 0.05) is 10.2 Å². The molecule has 0 saturated heterocycles. The monoisotopic (exact) mass is 372 g/mol. The normalized spacial score (nSPS) is 10.2. The number of fused-ring (bicyclic) bond motifs is 1. The minimum atomic E-state index is -0.363. The van der Waals surface area contributed by atoms with Crippen LogP contribution in [0.5, 0.6) is 0 Å². The Morgan fingerprint density at radius 3 is 2.86 bits per heavy atom. The van der Waals surface area contributed by atoms with E-state index < -0.39 is 0 Å². The van der Waals surface area contributed by atoms with E-state index in [1.807, 2.05) is 12.1 Å². The van der Waals surface area contributed by atoms with E-state index in [0.29, 0.717) is 16.4 Å². The maximum Gasteiger partial charge on any atom is 0.325 e. The average molecular weight is 373 g/mol. The molecule has 108 valence electrons. The van der Waals surface area contributed by atoms with Crippen LogP contribution in [0.15, 0.2) is 46.9 Å². The van der Waals surface area contributed by atoms with Crippen molar-refractivity contribution in [3.63, 3.8) is 0 Å². The first-order valence-corrected chi connectivity index (χ1v) is 7.89. The van der Waals surface area contributed by atoms with Gasteiger partial charge in [0.1, 0.15) is 0 Å². The molecule has 0 fully saturated rings. The standard InChI is InChI=1S/C15H9BrN4OS/c16-10-2-1-3-11(7-10)18-14(21)20-15-19-12-5-4-9(8-17)6-13(12)22-15/h1-7H,(H2,18,19,20,21). The van der Waals surface area contributed by atoms with Gasteiger partial charge in [-0.25, -0.2) is 9.78 Å². The number of nitrogens with one attached hydrogen (secondary N) is 2. The first kappa shape index (κ1) is 14.5. The highest BCUT2D eigenvalue weighted by Crippen LogP contribution is 2.26. The molecule has 1 aromatic heterocycles. The largest absolute Gasteiger partial charge is 0.325 e. The summed E-state index contributed by atoms with van der Waals surface area (Å²) in [6.45, 7) is 0. The number of nitriles is 1. The number of aromatic nitrogens is 1. The number of halogens is 1. The molecule has 0 unspecified atom stereocenters. The van der Waals surface area contributed by atoms with Crippen LogP contribution in [0.2, 0.25) is 0 Å². The molecule has 2 amide bonds. The maximum atomic E-state index is 12.0. The van der Waals surface area contributed by atoms with Crippen molar-refractivity contribution in [3.05, 3.63) is 52.5 Å². The summed E-state index contributed by atoms with van der Waals surface area (Å²) >= 11 is 4.67. The second-order valence-corrected chi connectivity index (χ2v) is 6.35. The number of nitrogens with zero attached hydrogens (tertiary/aromatic N) is 2. The molecular weight excluding hydrogens is 364 g/mol. The predicted molar refractivity (Wildman–Crippen MR) is 91.1 cm³/mol. The highest BCUT2D eigenvalue weighted by Gasteiger charge is 2.08. The Balaban J connectivity index is 1.75. The van der Waals surface area contributed by atoms with Crippen molar-refractivity contribution in [3.8, 4) is 6.07 Å². The topological polar surface area (TPSA) is 77.8 Å². The number of urea groups is 1. The fraction of sp³-hybridized carbons (Fsp3) is 0. The predicted octanol–water partition coefficient (Wildman–Crippen LogP) is 4.57. The molecule has 5 nitrogen and oxygen atoms in total. The van der Waals surface area contributed by atoms with Crippen molar-refractivity contribution in [2.75, 3.05) is 10.6 Å². The molecular formula is C15H9BrN4OS. The first-order chi connectivity index (χ1) is 10.6. The maximum absolute atomic E-state index is 12.0. The van der Waals surface area contributed by atoms with Gasteiger partial charge < -0.3 is 5.32 Å². The molecule has 2 aromatic carbocycles. The van der Waals surface area contributed by atoms with Gasteiger partial charge in [0.15, 0.2) is 5.13 Å². The van der Waals surface area contributed by atoms with Crippen LogP contribution < -0.4 is 10.6 Å². The summed E-state index contributed by atoms with van der Waals surface area (Å²) < 4.78 is 1.74. The average Bonchev–Trinajstić information content (AvgIpc) is 2.87. The lowest BCUT2D eigenvalue weighted by Crippen LogP contribution is -2.19. The number of anilines is 2. The summed E-state index contributed by atoms with van der Waals surface area (Å²) in [6.07, 6.45) is 0. The fourth-order valence-corrected chi connectivity index (χ4v) is 3.17. The smallest absolute Gasteiger partial charge is 0.308 e. The quantitative estimate of drug-likeness (QED) is 0.691. The molecule has 7 heteroatoms. The van der Waals surface area contributed by atoms with Gasteiger partial charge in [-0.15, -0.1) is 0 Å². The van der Waals surface area contributed by atoms with Gasteiger partial charge in [0.2, 0.25) is 0 Å². The summed E-state index contributed by atoms with van der Waals surface area (Å²) in [4.78, 5) is 16.3. The Morgan fingerprint density at radius 1 is 1.23 bits per heavy atom. The molecule has 3 aromatic rings. The molecule has 0 aliphatic rings. The third kappa shape index (κ3) is 3.24. The molecule has 3 rings (SSSR count). The van der Waals surface area contributed by atoms with Gasteiger partial charge in [0.25, 0.3) is 0 Å². The number of thiazole rings is 1. The fourth-order valence-electron chi connectivity index (χ4n) is 1.87. The van der Waals surface area contributed by atoms with Gasteiger partial charge in [-0.3, -0.25) is 5.32 Å². The van der Waals surface area contributed by atoms with Crippen LogP contribution in [0.1, 0.15) is 5.56 Å². The molecule has 2 N–H and O–H groups in total. The highest BCUT2D eigenvalue weighted by molar-refractivity contribution is 9.10. The molecule has 0 bridgehead atoms. The minimum absolute atomic E-state index is 0.363. The number of benzene rings is 2. The van der Waals surface area contributed by atoms with E-state index in [2.05, 4.69) is 37.6 Å². The molecule has 0 aliphatic carbocycles. The zero-order chi connectivity index (χ0) is 15.5. The van der Waals surface area contributed by atoms with E-state index in [4.69, 9.17) is 5.26 Å². The van der Waals surface area contributed by atoms with Crippen molar-refractivity contribution in [1.29, 1.82) is 5.26 Å². The number of carbonyl (C=O) groups is 1. The lowest BCUT2D eigenvalue weighted by molar-refractivity contribution is 0.262. The third-order valence-electron chi connectivity index (χ3n) is 2.82. The molecule has 0 saturated carbocycles. The molecule has 0 radical (unpaired) electrons. The first-order valence-electron chi connectivity index (χ1n) is 6.28. The molecule has 0 spiro atoms. The summed E-state index contributed by atoms with van der Waals surface area (Å²) in [7, 11) is 0. The SMILES string of the molecule is N#Cc1ccc2nc(NC(=O)Nc3cccc(Br)c3)sc2c1. The van der Waals surface area contributed by atoms with E-state index in [9.17, 15) is 4.79 Å². The molecule has 1 heterocycles. The van der Waals surface area contributed by atoms with E-state index in [1.165, 1.54) is 11.3 Å². The van der Waals surface area contributed by atoms with Crippen LogP contribution in [0.4, 0.5) is 15.6 Å². The zero-order valence-corrected chi connectivity index (χ0v) is 13.5. The number of carbonyl (C=O) groups excluding carboxylic acids is 1. The number of amides is 2. The minimum Gasteiger partial charge on any atom is -0.308 e. The van der Waals surface area contributed by atoms with Gasteiger partial charge >= 0.3 is 6.03 Å².